The minimum absolute atomic E-state index is 0.128. The van der Waals surface area contributed by atoms with Crippen molar-refractivity contribution in [2.75, 3.05) is 25.1 Å². The molecule has 2 aromatic rings. The molecule has 0 N–H and O–H groups in total. The Balaban J connectivity index is 1.58. The molecule has 3 atom stereocenters. The zero-order valence-corrected chi connectivity index (χ0v) is 17.0. The van der Waals surface area contributed by atoms with Crippen LogP contribution in [0.15, 0.2) is 53.0 Å². The number of amides is 2. The number of anilines is 1. The van der Waals surface area contributed by atoms with Crippen LogP contribution in [0, 0.1) is 5.92 Å². The molecule has 3 heterocycles. The molecule has 2 amide bonds. The molecule has 0 aromatic heterocycles. The van der Waals surface area contributed by atoms with Gasteiger partial charge in [0.25, 0.3) is 5.91 Å². The van der Waals surface area contributed by atoms with Crippen molar-refractivity contribution >= 4 is 33.4 Å². The van der Waals surface area contributed by atoms with Crippen LogP contribution >= 0.6 is 15.9 Å². The number of rotatable bonds is 3. The van der Waals surface area contributed by atoms with Crippen molar-refractivity contribution in [1.82, 2.24) is 10.0 Å². The Morgan fingerprint density at radius 1 is 0.929 bits per heavy atom. The van der Waals surface area contributed by atoms with E-state index in [1.807, 2.05) is 48.5 Å². The summed E-state index contributed by atoms with van der Waals surface area (Å²) >= 11 is 3.49. The Hall–Kier alpha value is -2.22. The van der Waals surface area contributed by atoms with Crippen molar-refractivity contribution < 1.29 is 14.3 Å². The van der Waals surface area contributed by atoms with Crippen molar-refractivity contribution in [3.8, 4) is 5.75 Å². The molecule has 144 valence electrons. The van der Waals surface area contributed by atoms with Crippen LogP contribution in [0.3, 0.4) is 0 Å². The quantitative estimate of drug-likeness (QED) is 0.685. The maximum absolute atomic E-state index is 13.5. The maximum Gasteiger partial charge on any atom is 0.253 e. The molecule has 3 fully saturated rings. The van der Waals surface area contributed by atoms with Gasteiger partial charge in [-0.15, -0.1) is 0 Å². The van der Waals surface area contributed by atoms with E-state index in [1.54, 1.807) is 7.11 Å². The minimum atomic E-state index is -0.436. The molecule has 0 bridgehead atoms. The normalized spacial score (nSPS) is 27.4. The van der Waals surface area contributed by atoms with Crippen LogP contribution < -0.4 is 9.64 Å². The summed E-state index contributed by atoms with van der Waals surface area (Å²) < 4.78 is 6.02. The maximum atomic E-state index is 13.5. The fraction of sp³-hybridized carbons (Fsp3) is 0.333. The van der Waals surface area contributed by atoms with Crippen LogP contribution in [0.4, 0.5) is 5.69 Å². The SMILES string of the molecule is COc1ccc([C@@H]2[C@H]3C(=O)N(c4ccccc4Br)C(=O)[C@H]3N3CCCN23)cc1. The first-order valence-corrected chi connectivity index (χ1v) is 10.2. The summed E-state index contributed by atoms with van der Waals surface area (Å²) in [5.74, 6) is 0.107. The van der Waals surface area contributed by atoms with Gasteiger partial charge in [0.15, 0.2) is 0 Å². The Kier molecular flexibility index (Phi) is 4.26. The van der Waals surface area contributed by atoms with Crippen LogP contribution in [0.5, 0.6) is 5.75 Å². The Morgan fingerprint density at radius 3 is 2.29 bits per heavy atom. The number of ether oxygens (including phenoxy) is 1. The lowest BCUT2D eigenvalue weighted by atomic mass is 9.90. The number of fused-ring (bicyclic) bond motifs is 3. The molecule has 0 saturated carbocycles. The smallest absolute Gasteiger partial charge is 0.253 e. The van der Waals surface area contributed by atoms with Crippen molar-refractivity contribution in [2.45, 2.75) is 18.5 Å². The third-order valence-electron chi connectivity index (χ3n) is 5.96. The topological polar surface area (TPSA) is 53.1 Å². The summed E-state index contributed by atoms with van der Waals surface area (Å²) in [6.45, 7) is 1.66. The summed E-state index contributed by atoms with van der Waals surface area (Å²) in [7, 11) is 1.64. The number of nitrogens with zero attached hydrogens (tertiary/aromatic N) is 3. The zero-order valence-electron chi connectivity index (χ0n) is 15.4. The number of carbonyl (C=O) groups excluding carboxylic acids is 2. The van der Waals surface area contributed by atoms with Crippen molar-refractivity contribution in [3.63, 3.8) is 0 Å². The van der Waals surface area contributed by atoms with Crippen molar-refractivity contribution in [1.29, 1.82) is 0 Å². The molecule has 0 spiro atoms. The van der Waals surface area contributed by atoms with Crippen LogP contribution in [0.25, 0.3) is 0 Å². The molecule has 6 nitrogen and oxygen atoms in total. The second kappa shape index (κ2) is 6.69. The van der Waals surface area contributed by atoms with Gasteiger partial charge in [-0.25, -0.2) is 14.9 Å². The molecule has 3 aliphatic heterocycles. The number of halogens is 1. The van der Waals surface area contributed by atoms with E-state index in [-0.39, 0.29) is 17.9 Å². The molecule has 0 radical (unpaired) electrons. The van der Waals surface area contributed by atoms with Crippen LogP contribution in [-0.4, -0.2) is 48.1 Å². The van der Waals surface area contributed by atoms with Gasteiger partial charge in [0.1, 0.15) is 11.8 Å². The van der Waals surface area contributed by atoms with Crippen molar-refractivity contribution in [3.05, 3.63) is 58.6 Å². The highest BCUT2D eigenvalue weighted by molar-refractivity contribution is 9.10. The first-order chi connectivity index (χ1) is 13.6. The number of carbonyl (C=O) groups is 2. The van der Waals surface area contributed by atoms with Crippen molar-refractivity contribution in [2.24, 2.45) is 5.92 Å². The highest BCUT2D eigenvalue weighted by Gasteiger charge is 2.62. The lowest BCUT2D eigenvalue weighted by molar-refractivity contribution is -0.126. The van der Waals surface area contributed by atoms with Crippen LogP contribution in [0.2, 0.25) is 0 Å². The van der Waals surface area contributed by atoms with E-state index in [0.29, 0.717) is 5.69 Å². The van der Waals surface area contributed by atoms with E-state index in [0.717, 1.165) is 35.3 Å². The summed E-state index contributed by atoms with van der Waals surface area (Å²) in [6, 6.07) is 14.6. The number of methoxy groups -OCH3 is 1. The third kappa shape index (κ3) is 2.46. The lowest BCUT2D eigenvalue weighted by Crippen LogP contribution is -2.44. The first kappa shape index (κ1) is 17.8. The second-order valence-corrected chi connectivity index (χ2v) is 8.19. The minimum Gasteiger partial charge on any atom is -0.497 e. The molecule has 3 saturated heterocycles. The third-order valence-corrected chi connectivity index (χ3v) is 6.63. The molecular formula is C21H20BrN3O3. The largest absolute Gasteiger partial charge is 0.497 e. The monoisotopic (exact) mass is 441 g/mol. The lowest BCUT2D eigenvalue weighted by Gasteiger charge is -2.30. The van der Waals surface area contributed by atoms with E-state index >= 15 is 0 Å². The second-order valence-electron chi connectivity index (χ2n) is 7.33. The Morgan fingerprint density at radius 2 is 1.61 bits per heavy atom. The average molecular weight is 442 g/mol. The fourth-order valence-electron chi connectivity index (χ4n) is 4.78. The van der Waals surface area contributed by atoms with E-state index in [9.17, 15) is 9.59 Å². The van der Waals surface area contributed by atoms with Gasteiger partial charge in [-0.3, -0.25) is 9.59 Å². The number of imide groups is 1. The number of hydrogen-bond donors (Lipinski definition) is 0. The van der Waals surface area contributed by atoms with E-state index < -0.39 is 12.0 Å². The fourth-order valence-corrected chi connectivity index (χ4v) is 5.25. The van der Waals surface area contributed by atoms with Gasteiger partial charge in [0.05, 0.1) is 24.8 Å². The predicted octanol–water partition coefficient (Wildman–Crippen LogP) is 2.99. The van der Waals surface area contributed by atoms with Gasteiger partial charge >= 0.3 is 0 Å². The van der Waals surface area contributed by atoms with Gasteiger partial charge < -0.3 is 4.74 Å². The number of hydrazine groups is 1. The molecule has 7 heteroatoms. The predicted molar refractivity (Wildman–Crippen MR) is 108 cm³/mol. The molecule has 5 rings (SSSR count). The van der Waals surface area contributed by atoms with Gasteiger partial charge in [0.2, 0.25) is 5.91 Å². The molecule has 3 aliphatic rings. The average Bonchev–Trinajstić information content (AvgIpc) is 3.35. The zero-order chi connectivity index (χ0) is 19.4. The number of hydrogen-bond acceptors (Lipinski definition) is 5. The van der Waals surface area contributed by atoms with E-state index in [4.69, 9.17) is 4.74 Å². The van der Waals surface area contributed by atoms with Gasteiger partial charge in [-0.1, -0.05) is 24.3 Å². The molecule has 0 unspecified atom stereocenters. The van der Waals surface area contributed by atoms with Gasteiger partial charge in [-0.2, -0.15) is 0 Å². The first-order valence-electron chi connectivity index (χ1n) is 9.41. The van der Waals surface area contributed by atoms with Gasteiger partial charge in [-0.05, 0) is 52.2 Å². The Labute approximate surface area is 171 Å². The number of para-hydroxylation sites is 1. The van der Waals surface area contributed by atoms with E-state index in [1.165, 1.54) is 4.90 Å². The summed E-state index contributed by atoms with van der Waals surface area (Å²) in [5, 5.41) is 4.32. The molecule has 28 heavy (non-hydrogen) atoms. The van der Waals surface area contributed by atoms with Gasteiger partial charge in [0, 0.05) is 17.6 Å². The van der Waals surface area contributed by atoms with Crippen LogP contribution in [0.1, 0.15) is 18.0 Å². The molecule has 0 aliphatic carbocycles. The van der Waals surface area contributed by atoms with E-state index in [2.05, 4.69) is 25.9 Å². The summed E-state index contributed by atoms with van der Waals surface area (Å²) in [6.07, 6.45) is 0.992. The standard InChI is InChI=1S/C21H20BrN3O3/c1-28-14-9-7-13(8-10-14)18-17-19(24-12-4-11-23(18)24)21(27)25(20(17)26)16-6-3-2-5-15(16)22/h2-3,5-10,17-19H,4,11-12H2,1H3/t17-,18-,19+/m1/s1. The number of benzene rings is 2. The highest BCUT2D eigenvalue weighted by Crippen LogP contribution is 2.49. The summed E-state index contributed by atoms with van der Waals surface area (Å²) in [5.41, 5.74) is 1.65. The Bertz CT molecular complexity index is 948. The highest BCUT2D eigenvalue weighted by atomic mass is 79.9. The summed E-state index contributed by atoms with van der Waals surface area (Å²) in [4.78, 5) is 28.2. The molecular weight excluding hydrogens is 422 g/mol. The van der Waals surface area contributed by atoms with Crippen LogP contribution in [-0.2, 0) is 9.59 Å². The molecule has 2 aromatic carbocycles.